The molecule has 1 N–H and O–H groups in total. The maximum atomic E-state index is 11.3. The van der Waals surface area contributed by atoms with Crippen molar-refractivity contribution in [2.45, 2.75) is 52.1 Å². The molecule has 1 aromatic rings. The van der Waals surface area contributed by atoms with E-state index < -0.39 is 0 Å². The lowest BCUT2D eigenvalue weighted by Gasteiger charge is -2.09. The fourth-order valence-corrected chi connectivity index (χ4v) is 3.13. The quantitative estimate of drug-likeness (QED) is 0.820. The average molecular weight is 238 g/mol. The SMILES string of the molecule is CC(=O)c1sc(CNC2CCCC2)nc1C. The minimum absolute atomic E-state index is 0.127. The molecule has 1 aliphatic rings. The highest BCUT2D eigenvalue weighted by Crippen LogP contribution is 2.21. The number of nitrogens with zero attached hydrogens (tertiary/aromatic N) is 1. The molecule has 1 aromatic heterocycles. The van der Waals surface area contributed by atoms with Crippen molar-refractivity contribution in [1.82, 2.24) is 10.3 Å². The second-order valence-corrected chi connectivity index (χ2v) is 5.52. The Morgan fingerprint density at radius 3 is 2.75 bits per heavy atom. The number of thiazole rings is 1. The van der Waals surface area contributed by atoms with E-state index in [4.69, 9.17) is 0 Å². The molecule has 0 amide bonds. The number of nitrogens with one attached hydrogen (secondary N) is 1. The van der Waals surface area contributed by atoms with E-state index in [0.717, 1.165) is 22.1 Å². The van der Waals surface area contributed by atoms with Crippen LogP contribution < -0.4 is 5.32 Å². The Kier molecular flexibility index (Phi) is 3.71. The molecule has 1 aliphatic carbocycles. The predicted molar refractivity (Wildman–Crippen MR) is 66.0 cm³/mol. The van der Waals surface area contributed by atoms with Gasteiger partial charge in [-0.2, -0.15) is 0 Å². The zero-order valence-corrected chi connectivity index (χ0v) is 10.7. The van der Waals surface area contributed by atoms with Gasteiger partial charge in [-0.25, -0.2) is 4.98 Å². The standard InChI is InChI=1S/C12H18N2OS/c1-8-12(9(2)15)16-11(14-8)7-13-10-5-3-4-6-10/h10,13H,3-7H2,1-2H3. The van der Waals surface area contributed by atoms with Crippen LogP contribution >= 0.6 is 11.3 Å². The molecule has 4 heteroatoms. The topological polar surface area (TPSA) is 42.0 Å². The van der Waals surface area contributed by atoms with Crippen LogP contribution in [0.25, 0.3) is 0 Å². The summed E-state index contributed by atoms with van der Waals surface area (Å²) in [4.78, 5) is 16.5. The fraction of sp³-hybridized carbons (Fsp3) is 0.667. The van der Waals surface area contributed by atoms with E-state index in [9.17, 15) is 4.79 Å². The summed E-state index contributed by atoms with van der Waals surface area (Å²) in [6.07, 6.45) is 5.24. The number of carbonyl (C=O) groups excluding carboxylic acids is 1. The van der Waals surface area contributed by atoms with Gasteiger partial charge in [-0.05, 0) is 19.8 Å². The van der Waals surface area contributed by atoms with E-state index in [2.05, 4.69) is 10.3 Å². The molecule has 2 rings (SSSR count). The molecule has 0 saturated heterocycles. The molecule has 0 bridgehead atoms. The van der Waals surface area contributed by atoms with Crippen LogP contribution in [0.15, 0.2) is 0 Å². The molecular weight excluding hydrogens is 220 g/mol. The van der Waals surface area contributed by atoms with Gasteiger partial charge < -0.3 is 5.32 Å². The summed E-state index contributed by atoms with van der Waals surface area (Å²) >= 11 is 1.53. The molecule has 0 radical (unpaired) electrons. The second kappa shape index (κ2) is 5.06. The van der Waals surface area contributed by atoms with Crippen LogP contribution in [0.4, 0.5) is 0 Å². The molecule has 1 fully saturated rings. The molecule has 3 nitrogen and oxygen atoms in total. The minimum Gasteiger partial charge on any atom is -0.308 e. The summed E-state index contributed by atoms with van der Waals surface area (Å²) in [5, 5.41) is 4.55. The van der Waals surface area contributed by atoms with E-state index in [0.29, 0.717) is 6.04 Å². The van der Waals surface area contributed by atoms with Crippen LogP contribution in [0.1, 0.15) is 53.0 Å². The van der Waals surface area contributed by atoms with Crippen LogP contribution in [0.3, 0.4) is 0 Å². The van der Waals surface area contributed by atoms with Gasteiger partial charge in [-0.15, -0.1) is 11.3 Å². The van der Waals surface area contributed by atoms with Crippen molar-refractivity contribution in [3.05, 3.63) is 15.6 Å². The summed E-state index contributed by atoms with van der Waals surface area (Å²) < 4.78 is 0. The monoisotopic (exact) mass is 238 g/mol. The molecule has 0 aliphatic heterocycles. The Labute approximate surface area is 100 Å². The van der Waals surface area contributed by atoms with Gasteiger partial charge in [0.2, 0.25) is 0 Å². The second-order valence-electron chi connectivity index (χ2n) is 4.44. The van der Waals surface area contributed by atoms with Gasteiger partial charge in [0.05, 0.1) is 10.6 Å². The van der Waals surface area contributed by atoms with E-state index in [1.807, 2.05) is 6.92 Å². The van der Waals surface area contributed by atoms with E-state index in [-0.39, 0.29) is 5.78 Å². The zero-order chi connectivity index (χ0) is 11.5. The van der Waals surface area contributed by atoms with E-state index in [1.54, 1.807) is 6.92 Å². The largest absolute Gasteiger partial charge is 0.308 e. The number of rotatable bonds is 4. The van der Waals surface area contributed by atoms with Crippen molar-refractivity contribution in [3.63, 3.8) is 0 Å². The Morgan fingerprint density at radius 1 is 1.50 bits per heavy atom. The number of hydrogen-bond acceptors (Lipinski definition) is 4. The summed E-state index contributed by atoms with van der Waals surface area (Å²) in [5.41, 5.74) is 0.876. The predicted octanol–water partition coefficient (Wildman–Crippen LogP) is 2.69. The van der Waals surface area contributed by atoms with Gasteiger partial charge >= 0.3 is 0 Å². The van der Waals surface area contributed by atoms with Crippen LogP contribution in [0.5, 0.6) is 0 Å². The lowest BCUT2D eigenvalue weighted by molar-refractivity contribution is 0.102. The third kappa shape index (κ3) is 2.68. The van der Waals surface area contributed by atoms with Crippen LogP contribution in [-0.2, 0) is 6.54 Å². The van der Waals surface area contributed by atoms with Gasteiger partial charge in [0.1, 0.15) is 5.01 Å². The van der Waals surface area contributed by atoms with Crippen LogP contribution in [0, 0.1) is 6.92 Å². The summed E-state index contributed by atoms with van der Waals surface area (Å²) in [5.74, 6) is 0.127. The van der Waals surface area contributed by atoms with Gasteiger partial charge in [0.15, 0.2) is 5.78 Å². The Bertz CT molecular complexity index is 380. The average Bonchev–Trinajstić information content (AvgIpc) is 2.83. The normalized spacial score (nSPS) is 16.9. The first-order valence-corrected chi connectivity index (χ1v) is 6.69. The lowest BCUT2D eigenvalue weighted by Crippen LogP contribution is -2.25. The third-order valence-electron chi connectivity index (χ3n) is 3.06. The first-order valence-electron chi connectivity index (χ1n) is 5.87. The van der Waals surface area contributed by atoms with E-state index >= 15 is 0 Å². The maximum absolute atomic E-state index is 11.3. The van der Waals surface area contributed by atoms with Crippen molar-refractivity contribution in [2.24, 2.45) is 0 Å². The molecule has 0 aromatic carbocycles. The van der Waals surface area contributed by atoms with Crippen molar-refractivity contribution in [3.8, 4) is 0 Å². The third-order valence-corrected chi connectivity index (χ3v) is 4.32. The smallest absolute Gasteiger partial charge is 0.171 e. The highest BCUT2D eigenvalue weighted by molar-refractivity contribution is 7.13. The molecule has 0 unspecified atom stereocenters. The van der Waals surface area contributed by atoms with Crippen molar-refractivity contribution in [2.75, 3.05) is 0 Å². The molecule has 88 valence electrons. The molecule has 0 spiro atoms. The van der Waals surface area contributed by atoms with Crippen molar-refractivity contribution in [1.29, 1.82) is 0 Å². The number of carbonyl (C=O) groups is 1. The number of aryl methyl sites for hydroxylation is 1. The summed E-state index contributed by atoms with van der Waals surface area (Å²) in [6, 6.07) is 0.657. The molecule has 16 heavy (non-hydrogen) atoms. The van der Waals surface area contributed by atoms with E-state index in [1.165, 1.54) is 37.0 Å². The van der Waals surface area contributed by atoms with Crippen molar-refractivity contribution < 1.29 is 4.79 Å². The Balaban J connectivity index is 1.94. The molecular formula is C12H18N2OS. The number of Topliss-reactive ketones (excluding diaryl/α,β-unsaturated/α-hetero) is 1. The summed E-state index contributed by atoms with van der Waals surface area (Å²) in [7, 11) is 0. The van der Waals surface area contributed by atoms with Gasteiger partial charge in [-0.1, -0.05) is 12.8 Å². The molecule has 0 atom stereocenters. The van der Waals surface area contributed by atoms with Gasteiger partial charge in [0, 0.05) is 19.5 Å². The maximum Gasteiger partial charge on any atom is 0.171 e. The lowest BCUT2D eigenvalue weighted by atomic mass is 10.2. The number of ketones is 1. The molecule has 1 saturated carbocycles. The first-order chi connectivity index (χ1) is 7.66. The zero-order valence-electron chi connectivity index (χ0n) is 9.88. The highest BCUT2D eigenvalue weighted by atomic mass is 32.1. The number of hydrogen-bond donors (Lipinski definition) is 1. The fourth-order valence-electron chi connectivity index (χ4n) is 2.22. The van der Waals surface area contributed by atoms with Gasteiger partial charge in [-0.3, -0.25) is 4.79 Å². The van der Waals surface area contributed by atoms with Crippen LogP contribution in [0.2, 0.25) is 0 Å². The van der Waals surface area contributed by atoms with Gasteiger partial charge in [0.25, 0.3) is 0 Å². The Hall–Kier alpha value is -0.740. The van der Waals surface area contributed by atoms with Crippen molar-refractivity contribution >= 4 is 17.1 Å². The minimum atomic E-state index is 0.127. The molecule has 1 heterocycles. The van der Waals surface area contributed by atoms with Crippen LogP contribution in [-0.4, -0.2) is 16.8 Å². The first kappa shape index (κ1) is 11.7. The highest BCUT2D eigenvalue weighted by Gasteiger charge is 2.16. The number of aromatic nitrogens is 1. The Morgan fingerprint density at radius 2 is 2.19 bits per heavy atom. The summed E-state index contributed by atoms with van der Waals surface area (Å²) in [6.45, 7) is 4.32.